The molecule has 1 aliphatic carbocycles. The van der Waals surface area contributed by atoms with Crippen LogP contribution in [0.1, 0.15) is 18.9 Å². The van der Waals surface area contributed by atoms with E-state index in [1.807, 2.05) is 19.1 Å². The quantitative estimate of drug-likeness (QED) is 0.653. The first kappa shape index (κ1) is 17.1. The lowest BCUT2D eigenvalue weighted by Gasteiger charge is -2.11. The normalized spacial score (nSPS) is 18.4. The van der Waals surface area contributed by atoms with E-state index in [0.29, 0.717) is 28.5 Å². The Hall–Kier alpha value is -3.29. The molecule has 1 amide bonds. The lowest BCUT2D eigenvalue weighted by molar-refractivity contribution is -0.117. The maximum absolute atomic E-state index is 13.1. The summed E-state index contributed by atoms with van der Waals surface area (Å²) < 4.78 is 13.1. The SMILES string of the molecule is CCc1cc(N)ncc1-c1cc2cc(NC(=O)[C@@H]3C[C@@H]3F)ncc2c(N)n1. The number of rotatable bonds is 4. The Bertz CT molecular complexity index is 1050. The standard InChI is InChI=1S/C19H19FN6O/c1-2-9-4-16(21)23-7-12(9)15-3-10-5-17(24-8-13(10)18(22)25-15)26-19(27)11-6-14(11)20/h3-5,7-8,11,14H,2,6H2,1H3,(H2,21,23)(H2,22,25)(H,24,26,27)/t11-,14+/m1/s1. The van der Waals surface area contributed by atoms with Gasteiger partial charge in [0.15, 0.2) is 0 Å². The first-order chi connectivity index (χ1) is 13.0. The molecule has 1 aliphatic rings. The molecule has 1 saturated carbocycles. The van der Waals surface area contributed by atoms with Gasteiger partial charge in [0.1, 0.15) is 23.6 Å². The fourth-order valence-corrected chi connectivity index (χ4v) is 3.07. The Morgan fingerprint density at radius 1 is 1.26 bits per heavy atom. The molecular formula is C19H19FN6O. The van der Waals surface area contributed by atoms with Crippen LogP contribution in [-0.2, 0) is 11.2 Å². The van der Waals surface area contributed by atoms with E-state index in [-0.39, 0.29) is 12.3 Å². The molecule has 0 bridgehead atoms. The summed E-state index contributed by atoms with van der Waals surface area (Å²) in [5.74, 6) is 0.206. The van der Waals surface area contributed by atoms with Crippen molar-refractivity contribution in [1.82, 2.24) is 15.0 Å². The van der Waals surface area contributed by atoms with Crippen molar-refractivity contribution in [2.45, 2.75) is 25.9 Å². The number of nitrogens with zero attached hydrogens (tertiary/aromatic N) is 3. The van der Waals surface area contributed by atoms with Gasteiger partial charge in [-0.05, 0) is 42.0 Å². The molecule has 2 atom stereocenters. The van der Waals surface area contributed by atoms with Crippen LogP contribution in [-0.4, -0.2) is 27.0 Å². The smallest absolute Gasteiger partial charge is 0.231 e. The van der Waals surface area contributed by atoms with Crippen molar-refractivity contribution in [3.8, 4) is 11.3 Å². The molecule has 3 heterocycles. The van der Waals surface area contributed by atoms with Gasteiger partial charge in [-0.15, -0.1) is 0 Å². The summed E-state index contributed by atoms with van der Waals surface area (Å²) in [6, 6.07) is 5.39. The first-order valence-corrected chi connectivity index (χ1v) is 8.72. The zero-order valence-corrected chi connectivity index (χ0v) is 14.7. The van der Waals surface area contributed by atoms with Crippen molar-refractivity contribution in [2.24, 2.45) is 5.92 Å². The van der Waals surface area contributed by atoms with Gasteiger partial charge in [0.2, 0.25) is 5.91 Å². The summed E-state index contributed by atoms with van der Waals surface area (Å²) in [5, 5.41) is 4.10. The summed E-state index contributed by atoms with van der Waals surface area (Å²) in [4.78, 5) is 24.8. The van der Waals surface area contributed by atoms with E-state index in [0.717, 1.165) is 22.9 Å². The van der Waals surface area contributed by atoms with E-state index < -0.39 is 12.1 Å². The monoisotopic (exact) mass is 366 g/mol. The number of alkyl halides is 1. The molecule has 3 aromatic heterocycles. The highest BCUT2D eigenvalue weighted by molar-refractivity contribution is 5.98. The van der Waals surface area contributed by atoms with Gasteiger partial charge < -0.3 is 16.8 Å². The van der Waals surface area contributed by atoms with Crippen LogP contribution >= 0.6 is 0 Å². The third-order valence-electron chi connectivity index (χ3n) is 4.71. The third-order valence-corrected chi connectivity index (χ3v) is 4.71. The van der Waals surface area contributed by atoms with Crippen LogP contribution in [0.25, 0.3) is 22.0 Å². The highest BCUT2D eigenvalue weighted by Crippen LogP contribution is 2.35. The Labute approximate surface area is 155 Å². The number of pyridine rings is 3. The van der Waals surface area contributed by atoms with Crippen molar-refractivity contribution >= 4 is 34.1 Å². The van der Waals surface area contributed by atoms with Crippen LogP contribution in [0.15, 0.2) is 30.6 Å². The molecule has 4 rings (SSSR count). The van der Waals surface area contributed by atoms with E-state index in [9.17, 15) is 9.18 Å². The largest absolute Gasteiger partial charge is 0.384 e. The molecule has 27 heavy (non-hydrogen) atoms. The number of hydrogen-bond donors (Lipinski definition) is 3. The molecule has 7 nitrogen and oxygen atoms in total. The number of nitrogens with two attached hydrogens (primary N) is 2. The molecule has 138 valence electrons. The van der Waals surface area contributed by atoms with Crippen molar-refractivity contribution < 1.29 is 9.18 Å². The minimum atomic E-state index is -1.05. The highest BCUT2D eigenvalue weighted by Gasteiger charge is 2.43. The summed E-state index contributed by atoms with van der Waals surface area (Å²) in [6.07, 6.45) is 3.22. The van der Waals surface area contributed by atoms with Crippen molar-refractivity contribution in [3.05, 3.63) is 36.2 Å². The molecule has 0 aliphatic heterocycles. The van der Waals surface area contributed by atoms with Crippen molar-refractivity contribution in [3.63, 3.8) is 0 Å². The van der Waals surface area contributed by atoms with Crippen LogP contribution in [0.5, 0.6) is 0 Å². The number of fused-ring (bicyclic) bond motifs is 1. The molecule has 3 aromatic rings. The van der Waals surface area contributed by atoms with Gasteiger partial charge in [0, 0.05) is 23.3 Å². The summed E-state index contributed by atoms with van der Waals surface area (Å²) in [5.41, 5.74) is 14.4. The summed E-state index contributed by atoms with van der Waals surface area (Å²) in [6.45, 7) is 2.02. The first-order valence-electron chi connectivity index (χ1n) is 8.72. The maximum atomic E-state index is 13.1. The zero-order valence-electron chi connectivity index (χ0n) is 14.7. The number of carbonyl (C=O) groups excluding carboxylic acids is 1. The predicted octanol–water partition coefficient (Wildman–Crippen LogP) is 2.72. The predicted molar refractivity (Wildman–Crippen MR) is 103 cm³/mol. The molecule has 0 spiro atoms. The van der Waals surface area contributed by atoms with Crippen LogP contribution in [0, 0.1) is 5.92 Å². The molecule has 5 N–H and O–H groups in total. The van der Waals surface area contributed by atoms with Gasteiger partial charge in [0.25, 0.3) is 0 Å². The number of anilines is 3. The minimum Gasteiger partial charge on any atom is -0.384 e. The highest BCUT2D eigenvalue weighted by atomic mass is 19.1. The number of aryl methyl sites for hydroxylation is 1. The Morgan fingerprint density at radius 3 is 2.74 bits per heavy atom. The van der Waals surface area contributed by atoms with Crippen LogP contribution in [0.4, 0.5) is 21.8 Å². The Kier molecular flexibility index (Phi) is 4.10. The fraction of sp³-hybridized carbons (Fsp3) is 0.263. The number of amides is 1. The minimum absolute atomic E-state index is 0.268. The number of nitrogens with one attached hydrogen (secondary N) is 1. The summed E-state index contributed by atoms with van der Waals surface area (Å²) >= 11 is 0. The molecule has 0 saturated heterocycles. The van der Waals surface area contributed by atoms with E-state index in [1.165, 1.54) is 0 Å². The number of carbonyl (C=O) groups is 1. The zero-order chi connectivity index (χ0) is 19.1. The Morgan fingerprint density at radius 2 is 2.04 bits per heavy atom. The third kappa shape index (κ3) is 3.25. The molecule has 0 aromatic carbocycles. The number of nitrogen functional groups attached to an aromatic ring is 2. The maximum Gasteiger partial charge on any atom is 0.231 e. The second-order valence-corrected chi connectivity index (χ2v) is 6.65. The van der Waals surface area contributed by atoms with Crippen LogP contribution < -0.4 is 16.8 Å². The summed E-state index contributed by atoms with van der Waals surface area (Å²) in [7, 11) is 0. The average Bonchev–Trinajstić information content (AvgIpc) is 3.38. The van der Waals surface area contributed by atoms with Gasteiger partial charge in [-0.25, -0.2) is 19.3 Å². The van der Waals surface area contributed by atoms with Gasteiger partial charge >= 0.3 is 0 Å². The van der Waals surface area contributed by atoms with Crippen molar-refractivity contribution in [2.75, 3.05) is 16.8 Å². The van der Waals surface area contributed by atoms with E-state index in [1.54, 1.807) is 18.5 Å². The lowest BCUT2D eigenvalue weighted by atomic mass is 10.0. The lowest BCUT2D eigenvalue weighted by Crippen LogP contribution is -2.15. The van der Waals surface area contributed by atoms with Gasteiger partial charge in [-0.1, -0.05) is 6.92 Å². The molecule has 8 heteroatoms. The molecular weight excluding hydrogens is 347 g/mol. The average molecular weight is 366 g/mol. The molecule has 1 fully saturated rings. The van der Waals surface area contributed by atoms with E-state index >= 15 is 0 Å². The molecule has 0 radical (unpaired) electrons. The number of hydrogen-bond acceptors (Lipinski definition) is 6. The number of aromatic nitrogens is 3. The van der Waals surface area contributed by atoms with E-state index in [4.69, 9.17) is 11.5 Å². The van der Waals surface area contributed by atoms with Crippen LogP contribution in [0.3, 0.4) is 0 Å². The van der Waals surface area contributed by atoms with E-state index in [2.05, 4.69) is 20.3 Å². The van der Waals surface area contributed by atoms with Crippen molar-refractivity contribution in [1.29, 1.82) is 0 Å². The number of halogens is 1. The Balaban J connectivity index is 1.74. The topological polar surface area (TPSA) is 120 Å². The molecule has 0 unspecified atom stereocenters. The van der Waals surface area contributed by atoms with Gasteiger partial charge in [0.05, 0.1) is 11.6 Å². The fourth-order valence-electron chi connectivity index (χ4n) is 3.07. The van der Waals surface area contributed by atoms with Gasteiger partial charge in [-0.3, -0.25) is 4.79 Å². The van der Waals surface area contributed by atoms with Crippen LogP contribution in [0.2, 0.25) is 0 Å². The second-order valence-electron chi connectivity index (χ2n) is 6.65. The van der Waals surface area contributed by atoms with Gasteiger partial charge in [-0.2, -0.15) is 0 Å². The second kappa shape index (κ2) is 6.46.